The van der Waals surface area contributed by atoms with Gasteiger partial charge in [0.15, 0.2) is 0 Å². The molecule has 1 heterocycles. The van der Waals surface area contributed by atoms with Gasteiger partial charge in [0.05, 0.1) is 0 Å². The molecule has 0 amide bonds. The van der Waals surface area contributed by atoms with Crippen molar-refractivity contribution in [3.8, 4) is 0 Å². The maximum atomic E-state index is 3.56. The van der Waals surface area contributed by atoms with E-state index in [4.69, 9.17) is 0 Å². The zero-order valence-corrected chi connectivity index (χ0v) is 9.35. The number of aryl methyl sites for hydroxylation is 3. The Balaban J connectivity index is 2.37. The first-order valence-electron chi connectivity index (χ1n) is 5.49. The van der Waals surface area contributed by atoms with E-state index in [9.17, 15) is 0 Å². The van der Waals surface area contributed by atoms with Crippen LogP contribution in [0.1, 0.15) is 41.1 Å². The first-order chi connectivity index (χ1) is 6.68. The van der Waals surface area contributed by atoms with Crippen LogP contribution in [0.25, 0.3) is 0 Å². The molecule has 0 spiro atoms. The maximum absolute atomic E-state index is 3.56. The fourth-order valence-corrected chi connectivity index (χ4v) is 2.31. The Kier molecular flexibility index (Phi) is 2.60. The smallest absolute Gasteiger partial charge is 0.0323 e. The summed E-state index contributed by atoms with van der Waals surface area (Å²) in [5.41, 5.74) is 5.77. The van der Waals surface area contributed by atoms with Crippen LogP contribution >= 0.6 is 0 Å². The summed E-state index contributed by atoms with van der Waals surface area (Å²) >= 11 is 0. The molecule has 1 aromatic carbocycles. The van der Waals surface area contributed by atoms with Crippen molar-refractivity contribution in [2.24, 2.45) is 0 Å². The first kappa shape index (κ1) is 9.72. The molecule has 1 nitrogen and oxygen atoms in total. The summed E-state index contributed by atoms with van der Waals surface area (Å²) in [6.45, 7) is 7.79. The summed E-state index contributed by atoms with van der Waals surface area (Å²) in [4.78, 5) is 0. The van der Waals surface area contributed by atoms with E-state index in [0.29, 0.717) is 6.04 Å². The predicted octanol–water partition coefficient (Wildman–Crippen LogP) is 3.04. The molecule has 0 saturated carbocycles. The second-order valence-corrected chi connectivity index (χ2v) is 4.44. The standard InChI is InChI=1S/C13H19N/c1-9-7-11(3)12(8-10(9)2)13-5-4-6-14-13/h7-8,13-14H,4-6H2,1-3H3. The van der Waals surface area contributed by atoms with Gasteiger partial charge in [-0.1, -0.05) is 12.1 Å². The van der Waals surface area contributed by atoms with E-state index >= 15 is 0 Å². The Morgan fingerprint density at radius 2 is 1.79 bits per heavy atom. The third-order valence-electron chi connectivity index (χ3n) is 3.32. The van der Waals surface area contributed by atoms with Crippen LogP contribution in [0.4, 0.5) is 0 Å². The number of rotatable bonds is 1. The molecule has 0 aliphatic carbocycles. The zero-order chi connectivity index (χ0) is 10.1. The quantitative estimate of drug-likeness (QED) is 0.716. The molecule has 1 aromatic rings. The van der Waals surface area contributed by atoms with Gasteiger partial charge in [-0.25, -0.2) is 0 Å². The van der Waals surface area contributed by atoms with Gasteiger partial charge in [-0.2, -0.15) is 0 Å². The summed E-state index contributed by atoms with van der Waals surface area (Å²) in [5, 5.41) is 3.56. The third kappa shape index (κ3) is 1.69. The SMILES string of the molecule is Cc1cc(C)c(C2CCCN2)cc1C. The van der Waals surface area contributed by atoms with Crippen LogP contribution < -0.4 is 5.32 Å². The van der Waals surface area contributed by atoms with E-state index < -0.39 is 0 Å². The van der Waals surface area contributed by atoms with E-state index in [0.717, 1.165) is 0 Å². The Labute approximate surface area is 86.5 Å². The lowest BCUT2D eigenvalue weighted by molar-refractivity contribution is 0.643. The molecular formula is C13H19N. The van der Waals surface area contributed by atoms with Gasteiger partial charge >= 0.3 is 0 Å². The summed E-state index contributed by atoms with van der Waals surface area (Å²) in [6, 6.07) is 5.27. The second-order valence-electron chi connectivity index (χ2n) is 4.44. The van der Waals surface area contributed by atoms with Gasteiger partial charge in [0.1, 0.15) is 0 Å². The van der Waals surface area contributed by atoms with Crippen LogP contribution in [0.5, 0.6) is 0 Å². The normalized spacial score (nSPS) is 21.5. The topological polar surface area (TPSA) is 12.0 Å². The predicted molar refractivity (Wildman–Crippen MR) is 60.6 cm³/mol. The van der Waals surface area contributed by atoms with Crippen LogP contribution in [0.3, 0.4) is 0 Å². The molecule has 0 aromatic heterocycles. The molecule has 1 atom stereocenters. The number of hydrogen-bond acceptors (Lipinski definition) is 1. The minimum Gasteiger partial charge on any atom is -0.310 e. The fourth-order valence-electron chi connectivity index (χ4n) is 2.31. The lowest BCUT2D eigenvalue weighted by Crippen LogP contribution is -2.14. The highest BCUT2D eigenvalue weighted by atomic mass is 14.9. The Morgan fingerprint density at radius 3 is 2.43 bits per heavy atom. The minimum absolute atomic E-state index is 0.606. The van der Waals surface area contributed by atoms with Crippen molar-refractivity contribution < 1.29 is 0 Å². The molecule has 1 heteroatoms. The summed E-state index contributed by atoms with van der Waals surface area (Å²) in [5.74, 6) is 0. The largest absolute Gasteiger partial charge is 0.310 e. The van der Waals surface area contributed by atoms with Crippen molar-refractivity contribution in [3.63, 3.8) is 0 Å². The third-order valence-corrected chi connectivity index (χ3v) is 3.32. The van der Waals surface area contributed by atoms with Crippen LogP contribution in [-0.4, -0.2) is 6.54 Å². The molecule has 14 heavy (non-hydrogen) atoms. The molecule has 1 unspecified atom stereocenters. The summed E-state index contributed by atoms with van der Waals surface area (Å²) < 4.78 is 0. The molecule has 1 fully saturated rings. The summed E-state index contributed by atoms with van der Waals surface area (Å²) in [6.07, 6.45) is 2.61. The van der Waals surface area contributed by atoms with E-state index in [2.05, 4.69) is 38.2 Å². The number of benzene rings is 1. The van der Waals surface area contributed by atoms with Crippen LogP contribution in [0.15, 0.2) is 12.1 Å². The van der Waals surface area contributed by atoms with Gasteiger partial charge in [0.25, 0.3) is 0 Å². The molecule has 0 radical (unpaired) electrons. The van der Waals surface area contributed by atoms with Gasteiger partial charge in [-0.05, 0) is 62.4 Å². The van der Waals surface area contributed by atoms with Gasteiger partial charge < -0.3 is 5.32 Å². The lowest BCUT2D eigenvalue weighted by atomic mass is 9.95. The molecule has 76 valence electrons. The monoisotopic (exact) mass is 189 g/mol. The van der Waals surface area contributed by atoms with Crippen molar-refractivity contribution in [2.45, 2.75) is 39.7 Å². The maximum Gasteiger partial charge on any atom is 0.0323 e. The van der Waals surface area contributed by atoms with Crippen LogP contribution in [-0.2, 0) is 0 Å². The van der Waals surface area contributed by atoms with Crippen molar-refractivity contribution in [1.82, 2.24) is 5.32 Å². The lowest BCUT2D eigenvalue weighted by Gasteiger charge is -2.16. The molecule has 1 saturated heterocycles. The van der Waals surface area contributed by atoms with Crippen molar-refractivity contribution in [1.29, 1.82) is 0 Å². The van der Waals surface area contributed by atoms with Crippen molar-refractivity contribution in [3.05, 3.63) is 34.4 Å². The molecule has 1 aliphatic heterocycles. The van der Waals surface area contributed by atoms with Crippen molar-refractivity contribution >= 4 is 0 Å². The van der Waals surface area contributed by atoms with E-state index in [1.54, 1.807) is 0 Å². The summed E-state index contributed by atoms with van der Waals surface area (Å²) in [7, 11) is 0. The molecular weight excluding hydrogens is 170 g/mol. The van der Waals surface area contributed by atoms with Gasteiger partial charge in [-0.15, -0.1) is 0 Å². The van der Waals surface area contributed by atoms with E-state index in [-0.39, 0.29) is 0 Å². The highest BCUT2D eigenvalue weighted by molar-refractivity contribution is 5.38. The Bertz CT molecular complexity index is 335. The van der Waals surface area contributed by atoms with E-state index in [1.807, 2.05) is 0 Å². The second kappa shape index (κ2) is 3.74. The molecule has 2 rings (SSSR count). The van der Waals surface area contributed by atoms with Gasteiger partial charge in [0, 0.05) is 6.04 Å². The Hall–Kier alpha value is -0.820. The highest BCUT2D eigenvalue weighted by Crippen LogP contribution is 2.27. The van der Waals surface area contributed by atoms with Gasteiger partial charge in [-0.3, -0.25) is 0 Å². The zero-order valence-electron chi connectivity index (χ0n) is 9.35. The Morgan fingerprint density at radius 1 is 1.07 bits per heavy atom. The van der Waals surface area contributed by atoms with Crippen LogP contribution in [0.2, 0.25) is 0 Å². The highest BCUT2D eigenvalue weighted by Gasteiger charge is 2.18. The number of nitrogens with one attached hydrogen (secondary N) is 1. The number of hydrogen-bond donors (Lipinski definition) is 1. The van der Waals surface area contributed by atoms with Crippen molar-refractivity contribution in [2.75, 3.05) is 6.54 Å². The van der Waals surface area contributed by atoms with E-state index in [1.165, 1.54) is 41.6 Å². The van der Waals surface area contributed by atoms with Crippen LogP contribution in [0, 0.1) is 20.8 Å². The fraction of sp³-hybridized carbons (Fsp3) is 0.538. The van der Waals surface area contributed by atoms with Gasteiger partial charge in [0.2, 0.25) is 0 Å². The molecule has 1 aliphatic rings. The molecule has 1 N–H and O–H groups in total. The first-order valence-corrected chi connectivity index (χ1v) is 5.49. The average Bonchev–Trinajstić information content (AvgIpc) is 2.64. The minimum atomic E-state index is 0.606. The molecule has 0 bridgehead atoms. The average molecular weight is 189 g/mol.